The number of nitrogens with two attached hydrogens (primary N) is 1. The van der Waals surface area contributed by atoms with Crippen molar-refractivity contribution in [2.75, 3.05) is 5.32 Å². The molecule has 6 heteroatoms. The molecule has 20 heavy (non-hydrogen) atoms. The number of amides is 1. The number of rotatable bonds is 3. The molecule has 1 unspecified atom stereocenters. The molecule has 0 fully saturated rings. The molecule has 100 valence electrons. The van der Waals surface area contributed by atoms with Crippen molar-refractivity contribution in [3.63, 3.8) is 0 Å². The summed E-state index contributed by atoms with van der Waals surface area (Å²) in [4.78, 5) is 21.4. The van der Waals surface area contributed by atoms with E-state index < -0.39 is 6.04 Å². The Morgan fingerprint density at radius 3 is 2.75 bits per heavy atom. The molecule has 2 aromatic heterocycles. The minimum atomic E-state index is -0.797. The van der Waals surface area contributed by atoms with Crippen LogP contribution in [-0.4, -0.2) is 15.9 Å². The third kappa shape index (κ3) is 2.52. The van der Waals surface area contributed by atoms with Crippen LogP contribution in [0.15, 0.2) is 48.7 Å². The molecule has 5 nitrogen and oxygen atoms in total. The minimum Gasteiger partial charge on any atom is -0.324 e. The van der Waals surface area contributed by atoms with E-state index in [0.717, 1.165) is 10.3 Å². The summed E-state index contributed by atoms with van der Waals surface area (Å²) in [6, 6.07) is 12.1. The zero-order chi connectivity index (χ0) is 13.9. The number of carbonyl (C=O) groups excluding carboxylic acids is 1. The van der Waals surface area contributed by atoms with Crippen molar-refractivity contribution in [2.45, 2.75) is 6.04 Å². The number of pyridine rings is 1. The second kappa shape index (κ2) is 5.36. The highest BCUT2D eigenvalue weighted by Gasteiger charge is 2.20. The lowest BCUT2D eigenvalue weighted by Crippen LogP contribution is -2.27. The van der Waals surface area contributed by atoms with Gasteiger partial charge in [-0.25, -0.2) is 9.97 Å². The van der Waals surface area contributed by atoms with E-state index in [1.807, 2.05) is 36.4 Å². The Hall–Kier alpha value is -2.31. The Bertz CT molecular complexity index is 708. The van der Waals surface area contributed by atoms with Crippen LogP contribution in [0.2, 0.25) is 0 Å². The summed E-state index contributed by atoms with van der Waals surface area (Å²) in [5.41, 5.74) is 7.43. The maximum absolute atomic E-state index is 12.1. The van der Waals surface area contributed by atoms with Gasteiger partial charge >= 0.3 is 0 Å². The number of para-hydroxylation sites is 1. The van der Waals surface area contributed by atoms with Gasteiger partial charge in [-0.3, -0.25) is 4.79 Å². The van der Waals surface area contributed by atoms with Crippen LogP contribution in [0, 0.1) is 0 Å². The van der Waals surface area contributed by atoms with Crippen molar-refractivity contribution >= 4 is 33.3 Å². The Morgan fingerprint density at radius 2 is 2.00 bits per heavy atom. The number of hydrogen-bond donors (Lipinski definition) is 2. The van der Waals surface area contributed by atoms with E-state index in [4.69, 9.17) is 5.73 Å². The van der Waals surface area contributed by atoms with E-state index >= 15 is 0 Å². The summed E-state index contributed by atoms with van der Waals surface area (Å²) < 4.78 is 0. The molecule has 3 aromatic rings. The summed E-state index contributed by atoms with van der Waals surface area (Å²) in [5.74, 6) is -0.282. The third-order valence-electron chi connectivity index (χ3n) is 2.77. The highest BCUT2D eigenvalue weighted by molar-refractivity contribution is 7.18. The van der Waals surface area contributed by atoms with Crippen LogP contribution in [0.4, 0.5) is 5.69 Å². The third-order valence-corrected chi connectivity index (χ3v) is 3.84. The number of hydrogen-bond acceptors (Lipinski definition) is 5. The second-order valence-electron chi connectivity index (χ2n) is 4.21. The Morgan fingerprint density at radius 1 is 1.20 bits per heavy atom. The molecule has 0 saturated carbocycles. The zero-order valence-corrected chi connectivity index (χ0v) is 11.3. The van der Waals surface area contributed by atoms with Crippen molar-refractivity contribution in [1.82, 2.24) is 9.97 Å². The normalized spacial score (nSPS) is 12.2. The fourth-order valence-corrected chi connectivity index (χ4v) is 2.68. The monoisotopic (exact) mass is 284 g/mol. The Balaban J connectivity index is 1.81. The molecule has 1 atom stereocenters. The smallest absolute Gasteiger partial charge is 0.248 e. The molecule has 2 heterocycles. The molecule has 0 aliphatic rings. The molecule has 1 amide bonds. The predicted octanol–water partition coefficient (Wildman–Crippen LogP) is 2.33. The van der Waals surface area contributed by atoms with Gasteiger partial charge in [0.25, 0.3) is 0 Å². The standard InChI is InChI=1S/C14H12N4OS/c15-11(12(19)17-9-5-2-1-3-6-9)14-18-10-7-4-8-16-13(10)20-14/h1-8,11H,15H2,(H,17,19). The predicted molar refractivity (Wildman–Crippen MR) is 79.4 cm³/mol. The first-order valence-electron chi connectivity index (χ1n) is 6.07. The average molecular weight is 284 g/mol. The van der Waals surface area contributed by atoms with Crippen LogP contribution in [0.25, 0.3) is 10.3 Å². The fraction of sp³-hybridized carbons (Fsp3) is 0.0714. The first-order chi connectivity index (χ1) is 9.74. The molecule has 0 aliphatic heterocycles. The summed E-state index contributed by atoms with van der Waals surface area (Å²) in [7, 11) is 0. The van der Waals surface area contributed by atoms with Crippen LogP contribution in [0.1, 0.15) is 11.0 Å². The number of nitrogens with zero attached hydrogens (tertiary/aromatic N) is 2. The largest absolute Gasteiger partial charge is 0.324 e. The molecule has 0 saturated heterocycles. The van der Waals surface area contributed by atoms with E-state index in [9.17, 15) is 4.79 Å². The van der Waals surface area contributed by atoms with E-state index in [2.05, 4.69) is 15.3 Å². The lowest BCUT2D eigenvalue weighted by atomic mass is 10.2. The van der Waals surface area contributed by atoms with Gasteiger partial charge in [0.05, 0.1) is 0 Å². The minimum absolute atomic E-state index is 0.282. The summed E-state index contributed by atoms with van der Waals surface area (Å²) in [5, 5.41) is 3.33. The van der Waals surface area contributed by atoms with Gasteiger partial charge in [0.15, 0.2) is 0 Å². The number of carbonyl (C=O) groups is 1. The van der Waals surface area contributed by atoms with Gasteiger partial charge in [0, 0.05) is 11.9 Å². The van der Waals surface area contributed by atoms with Crippen molar-refractivity contribution in [2.24, 2.45) is 5.73 Å². The van der Waals surface area contributed by atoms with Crippen LogP contribution >= 0.6 is 11.3 Å². The van der Waals surface area contributed by atoms with Crippen LogP contribution in [0.5, 0.6) is 0 Å². The maximum Gasteiger partial charge on any atom is 0.248 e. The molecule has 3 N–H and O–H groups in total. The van der Waals surface area contributed by atoms with Crippen molar-refractivity contribution in [3.8, 4) is 0 Å². The first-order valence-corrected chi connectivity index (χ1v) is 6.88. The molecular weight excluding hydrogens is 272 g/mol. The number of thiazole rings is 1. The fourth-order valence-electron chi connectivity index (χ4n) is 1.77. The number of fused-ring (bicyclic) bond motifs is 1. The Kier molecular flexibility index (Phi) is 3.41. The van der Waals surface area contributed by atoms with Crippen molar-refractivity contribution in [1.29, 1.82) is 0 Å². The van der Waals surface area contributed by atoms with Crippen LogP contribution in [-0.2, 0) is 4.79 Å². The summed E-state index contributed by atoms with van der Waals surface area (Å²) in [6.45, 7) is 0. The van der Waals surface area contributed by atoms with Gasteiger partial charge in [-0.15, -0.1) is 0 Å². The van der Waals surface area contributed by atoms with Gasteiger partial charge < -0.3 is 11.1 Å². The van der Waals surface area contributed by atoms with Crippen LogP contribution < -0.4 is 11.1 Å². The highest BCUT2D eigenvalue weighted by atomic mass is 32.1. The van der Waals surface area contributed by atoms with E-state index in [0.29, 0.717) is 10.7 Å². The van der Waals surface area contributed by atoms with Gasteiger partial charge in [-0.05, 0) is 24.3 Å². The Labute approximate surface area is 119 Å². The number of aromatic nitrogens is 2. The lowest BCUT2D eigenvalue weighted by Gasteiger charge is -2.09. The number of nitrogens with one attached hydrogen (secondary N) is 1. The summed E-state index contributed by atoms with van der Waals surface area (Å²) in [6.07, 6.45) is 1.69. The van der Waals surface area contributed by atoms with Gasteiger partial charge in [-0.1, -0.05) is 29.5 Å². The molecule has 0 spiro atoms. The number of benzene rings is 1. The SMILES string of the molecule is NC(C(=O)Nc1ccccc1)c1nc2cccnc2s1. The second-order valence-corrected chi connectivity index (χ2v) is 5.22. The van der Waals surface area contributed by atoms with Crippen molar-refractivity contribution < 1.29 is 4.79 Å². The maximum atomic E-state index is 12.1. The van der Waals surface area contributed by atoms with Gasteiger partial charge in [0.1, 0.15) is 21.4 Å². The average Bonchev–Trinajstić information content (AvgIpc) is 2.91. The zero-order valence-electron chi connectivity index (χ0n) is 10.5. The lowest BCUT2D eigenvalue weighted by molar-refractivity contribution is -0.117. The molecule has 0 aliphatic carbocycles. The van der Waals surface area contributed by atoms with Gasteiger partial charge in [0.2, 0.25) is 5.91 Å². The van der Waals surface area contributed by atoms with E-state index in [1.165, 1.54) is 11.3 Å². The first kappa shape index (κ1) is 12.7. The number of anilines is 1. The molecule has 1 aromatic carbocycles. The van der Waals surface area contributed by atoms with E-state index in [-0.39, 0.29) is 5.91 Å². The molecule has 3 rings (SSSR count). The molecular formula is C14H12N4OS. The van der Waals surface area contributed by atoms with E-state index in [1.54, 1.807) is 12.3 Å². The van der Waals surface area contributed by atoms with Crippen molar-refractivity contribution in [3.05, 3.63) is 53.7 Å². The topological polar surface area (TPSA) is 80.9 Å². The van der Waals surface area contributed by atoms with Gasteiger partial charge in [-0.2, -0.15) is 0 Å². The highest BCUT2D eigenvalue weighted by Crippen LogP contribution is 2.24. The molecule has 0 bridgehead atoms. The molecule has 0 radical (unpaired) electrons. The quantitative estimate of drug-likeness (QED) is 0.773. The van der Waals surface area contributed by atoms with Crippen LogP contribution in [0.3, 0.4) is 0 Å². The summed E-state index contributed by atoms with van der Waals surface area (Å²) >= 11 is 1.34.